The lowest BCUT2D eigenvalue weighted by molar-refractivity contribution is 0.445. The van der Waals surface area contributed by atoms with Gasteiger partial charge in [-0.05, 0) is 42.4 Å². The summed E-state index contributed by atoms with van der Waals surface area (Å²) in [5.41, 5.74) is 2.94. The molecule has 1 N–H and O–H groups in total. The van der Waals surface area contributed by atoms with Gasteiger partial charge in [0.2, 0.25) is 0 Å². The standard InChI is InChI=1S/C14H21N/c1-14(2,3)11-6-4-9-13(10-11)15-12-7-5-8-12/h4,6,9-10,12,15H,5,7-8H2,1-3H3. The first-order valence-electron chi connectivity index (χ1n) is 5.93. The van der Waals surface area contributed by atoms with Gasteiger partial charge in [-0.15, -0.1) is 0 Å². The Labute approximate surface area is 92.9 Å². The van der Waals surface area contributed by atoms with Gasteiger partial charge in [-0.25, -0.2) is 0 Å². The maximum absolute atomic E-state index is 3.59. The normalized spacial score (nSPS) is 17.3. The highest BCUT2D eigenvalue weighted by atomic mass is 14.9. The minimum Gasteiger partial charge on any atom is -0.382 e. The predicted molar refractivity (Wildman–Crippen MR) is 66.4 cm³/mol. The lowest BCUT2D eigenvalue weighted by Gasteiger charge is -2.28. The molecule has 0 atom stereocenters. The van der Waals surface area contributed by atoms with Crippen molar-refractivity contribution in [2.45, 2.75) is 51.5 Å². The van der Waals surface area contributed by atoms with Gasteiger partial charge >= 0.3 is 0 Å². The summed E-state index contributed by atoms with van der Waals surface area (Å²) < 4.78 is 0. The Hall–Kier alpha value is -0.980. The summed E-state index contributed by atoms with van der Waals surface area (Å²) in [7, 11) is 0. The molecule has 0 spiro atoms. The van der Waals surface area contributed by atoms with Crippen LogP contribution in [-0.2, 0) is 5.41 Å². The van der Waals surface area contributed by atoms with Crippen LogP contribution in [0.4, 0.5) is 5.69 Å². The second kappa shape index (κ2) is 3.88. The van der Waals surface area contributed by atoms with Gasteiger partial charge in [0.15, 0.2) is 0 Å². The second-order valence-electron chi connectivity index (χ2n) is 5.60. The van der Waals surface area contributed by atoms with Crippen LogP contribution in [0.25, 0.3) is 0 Å². The van der Waals surface area contributed by atoms with Crippen LogP contribution in [-0.4, -0.2) is 6.04 Å². The highest BCUT2D eigenvalue weighted by Crippen LogP contribution is 2.27. The third-order valence-electron chi connectivity index (χ3n) is 3.20. The van der Waals surface area contributed by atoms with E-state index in [0.717, 1.165) is 6.04 Å². The molecule has 0 radical (unpaired) electrons. The molecule has 1 aromatic rings. The molecule has 1 nitrogen and oxygen atoms in total. The summed E-state index contributed by atoms with van der Waals surface area (Å²) in [6, 6.07) is 9.56. The Balaban J connectivity index is 2.11. The fourth-order valence-electron chi connectivity index (χ4n) is 1.86. The quantitative estimate of drug-likeness (QED) is 0.767. The zero-order valence-electron chi connectivity index (χ0n) is 10.0. The van der Waals surface area contributed by atoms with E-state index < -0.39 is 0 Å². The maximum Gasteiger partial charge on any atom is 0.0345 e. The van der Waals surface area contributed by atoms with E-state index in [-0.39, 0.29) is 5.41 Å². The van der Waals surface area contributed by atoms with E-state index in [4.69, 9.17) is 0 Å². The van der Waals surface area contributed by atoms with Crippen molar-refractivity contribution in [3.8, 4) is 0 Å². The largest absolute Gasteiger partial charge is 0.382 e. The van der Waals surface area contributed by atoms with E-state index in [2.05, 4.69) is 50.4 Å². The molecule has 1 aromatic carbocycles. The minimum absolute atomic E-state index is 0.247. The average molecular weight is 203 g/mol. The molecule has 0 heterocycles. The Bertz CT molecular complexity index is 331. The first kappa shape index (κ1) is 10.5. The molecular formula is C14H21N. The molecule has 1 saturated carbocycles. The molecule has 1 fully saturated rings. The zero-order valence-corrected chi connectivity index (χ0v) is 10.0. The molecule has 0 aliphatic heterocycles. The summed E-state index contributed by atoms with van der Waals surface area (Å²) in [4.78, 5) is 0. The Kier molecular flexibility index (Phi) is 2.72. The highest BCUT2D eigenvalue weighted by molar-refractivity contribution is 5.48. The summed E-state index contributed by atoms with van der Waals surface area (Å²) >= 11 is 0. The van der Waals surface area contributed by atoms with Crippen LogP contribution in [0.1, 0.15) is 45.6 Å². The van der Waals surface area contributed by atoms with Crippen molar-refractivity contribution in [3.63, 3.8) is 0 Å². The molecule has 1 aliphatic rings. The fraction of sp³-hybridized carbons (Fsp3) is 0.571. The molecule has 0 unspecified atom stereocenters. The maximum atomic E-state index is 3.59. The number of hydrogen-bond donors (Lipinski definition) is 1. The van der Waals surface area contributed by atoms with E-state index in [9.17, 15) is 0 Å². The van der Waals surface area contributed by atoms with E-state index in [1.54, 1.807) is 0 Å². The van der Waals surface area contributed by atoms with Crippen molar-refractivity contribution in [1.82, 2.24) is 0 Å². The third kappa shape index (κ3) is 2.53. The summed E-state index contributed by atoms with van der Waals surface area (Å²) in [6.45, 7) is 6.78. The lowest BCUT2D eigenvalue weighted by atomic mass is 9.86. The number of benzene rings is 1. The minimum atomic E-state index is 0.247. The highest BCUT2D eigenvalue weighted by Gasteiger charge is 2.18. The van der Waals surface area contributed by atoms with E-state index in [1.165, 1.54) is 30.5 Å². The smallest absolute Gasteiger partial charge is 0.0345 e. The molecular weight excluding hydrogens is 182 g/mol. The van der Waals surface area contributed by atoms with Gasteiger partial charge in [0.1, 0.15) is 0 Å². The van der Waals surface area contributed by atoms with Crippen LogP contribution in [0.5, 0.6) is 0 Å². The van der Waals surface area contributed by atoms with E-state index in [0.29, 0.717) is 0 Å². The van der Waals surface area contributed by atoms with Gasteiger partial charge < -0.3 is 5.32 Å². The molecule has 15 heavy (non-hydrogen) atoms. The van der Waals surface area contributed by atoms with E-state index in [1.807, 2.05) is 0 Å². The number of anilines is 1. The number of rotatable bonds is 2. The first-order chi connectivity index (χ1) is 7.05. The van der Waals surface area contributed by atoms with Crippen molar-refractivity contribution >= 4 is 5.69 Å². The topological polar surface area (TPSA) is 12.0 Å². The molecule has 1 heteroatoms. The van der Waals surface area contributed by atoms with Gasteiger partial charge in [-0.2, -0.15) is 0 Å². The Morgan fingerprint density at radius 1 is 1.20 bits per heavy atom. The molecule has 1 aliphatic carbocycles. The van der Waals surface area contributed by atoms with Gasteiger partial charge in [0.05, 0.1) is 0 Å². The predicted octanol–water partition coefficient (Wildman–Crippen LogP) is 3.95. The second-order valence-corrected chi connectivity index (χ2v) is 5.60. The summed E-state index contributed by atoms with van der Waals surface area (Å²) in [5.74, 6) is 0. The monoisotopic (exact) mass is 203 g/mol. The molecule has 0 amide bonds. The molecule has 0 saturated heterocycles. The SMILES string of the molecule is CC(C)(C)c1cccc(NC2CCC2)c1. The lowest BCUT2D eigenvalue weighted by Crippen LogP contribution is -2.27. The Morgan fingerprint density at radius 2 is 1.93 bits per heavy atom. The number of nitrogens with one attached hydrogen (secondary N) is 1. The van der Waals surface area contributed by atoms with Crippen LogP contribution in [0.3, 0.4) is 0 Å². The van der Waals surface area contributed by atoms with Crippen molar-refractivity contribution in [3.05, 3.63) is 29.8 Å². The van der Waals surface area contributed by atoms with E-state index >= 15 is 0 Å². The van der Waals surface area contributed by atoms with Crippen LogP contribution >= 0.6 is 0 Å². The van der Waals surface area contributed by atoms with Gasteiger partial charge in [0.25, 0.3) is 0 Å². The van der Waals surface area contributed by atoms with Crippen LogP contribution in [0.2, 0.25) is 0 Å². The van der Waals surface area contributed by atoms with Crippen molar-refractivity contribution in [2.75, 3.05) is 5.32 Å². The Morgan fingerprint density at radius 3 is 2.47 bits per heavy atom. The molecule has 2 rings (SSSR count). The van der Waals surface area contributed by atoms with Gasteiger partial charge in [0, 0.05) is 11.7 Å². The van der Waals surface area contributed by atoms with Crippen molar-refractivity contribution in [2.24, 2.45) is 0 Å². The summed E-state index contributed by atoms with van der Waals surface area (Å²) in [6.07, 6.45) is 4.05. The van der Waals surface area contributed by atoms with Crippen LogP contribution < -0.4 is 5.32 Å². The van der Waals surface area contributed by atoms with Crippen LogP contribution in [0.15, 0.2) is 24.3 Å². The van der Waals surface area contributed by atoms with Gasteiger partial charge in [-0.1, -0.05) is 32.9 Å². The molecule has 0 bridgehead atoms. The molecule has 0 aromatic heterocycles. The first-order valence-corrected chi connectivity index (χ1v) is 5.93. The van der Waals surface area contributed by atoms with Crippen molar-refractivity contribution in [1.29, 1.82) is 0 Å². The van der Waals surface area contributed by atoms with Crippen molar-refractivity contribution < 1.29 is 0 Å². The van der Waals surface area contributed by atoms with Crippen LogP contribution in [0, 0.1) is 0 Å². The average Bonchev–Trinajstić information content (AvgIpc) is 2.11. The summed E-state index contributed by atoms with van der Waals surface area (Å²) in [5, 5.41) is 3.59. The third-order valence-corrected chi connectivity index (χ3v) is 3.20. The molecule has 82 valence electrons. The van der Waals surface area contributed by atoms with Gasteiger partial charge in [-0.3, -0.25) is 0 Å². The fourth-order valence-corrected chi connectivity index (χ4v) is 1.86. The zero-order chi connectivity index (χ0) is 10.9. The number of hydrogen-bond acceptors (Lipinski definition) is 1.